The zero-order valence-corrected chi connectivity index (χ0v) is 15.9. The van der Waals surface area contributed by atoms with Gasteiger partial charge in [0.05, 0.1) is 10.7 Å². The van der Waals surface area contributed by atoms with E-state index < -0.39 is 0 Å². The molecule has 0 radical (unpaired) electrons. The van der Waals surface area contributed by atoms with Crippen LogP contribution in [0.5, 0.6) is 11.5 Å². The van der Waals surface area contributed by atoms with E-state index in [2.05, 4.69) is 21.2 Å². The molecule has 2 aliphatic rings. The number of hydrogen-bond acceptors (Lipinski definition) is 4. The van der Waals surface area contributed by atoms with Crippen molar-refractivity contribution in [2.75, 3.05) is 37.9 Å². The summed E-state index contributed by atoms with van der Waals surface area (Å²) in [6, 6.07) is 13.9. The highest BCUT2D eigenvalue weighted by atomic mass is 35.5. The van der Waals surface area contributed by atoms with Crippen molar-refractivity contribution in [2.24, 2.45) is 0 Å². The Morgan fingerprint density at radius 2 is 1.81 bits per heavy atom. The van der Waals surface area contributed by atoms with E-state index in [4.69, 9.17) is 33.3 Å². The van der Waals surface area contributed by atoms with Crippen LogP contribution < -0.4 is 19.7 Å². The minimum absolute atomic E-state index is 0.292. The molecule has 2 aromatic rings. The number of halogens is 1. The molecule has 0 unspecified atom stereocenters. The molecule has 1 saturated heterocycles. The highest BCUT2D eigenvalue weighted by molar-refractivity contribution is 7.80. The van der Waals surface area contributed by atoms with E-state index >= 15 is 0 Å². The average Bonchev–Trinajstić information content (AvgIpc) is 3.14. The molecule has 136 valence electrons. The number of nitrogens with zero attached hydrogens (tertiary/aromatic N) is 2. The number of thiocarbonyl (C=S) groups is 1. The summed E-state index contributed by atoms with van der Waals surface area (Å²) in [6.45, 7) is 4.50. The van der Waals surface area contributed by atoms with E-state index in [0.29, 0.717) is 13.3 Å². The maximum absolute atomic E-state index is 6.30. The fourth-order valence-corrected chi connectivity index (χ4v) is 3.71. The number of hydrogen-bond donors (Lipinski definition) is 1. The van der Waals surface area contributed by atoms with Crippen LogP contribution in [0.1, 0.15) is 5.56 Å². The smallest absolute Gasteiger partial charge is 0.231 e. The Bertz CT molecular complexity index is 809. The van der Waals surface area contributed by atoms with Crippen molar-refractivity contribution < 1.29 is 9.47 Å². The third kappa shape index (κ3) is 3.66. The number of nitrogens with one attached hydrogen (secondary N) is 1. The molecule has 7 heteroatoms. The quantitative estimate of drug-likeness (QED) is 0.812. The fraction of sp³-hybridized carbons (Fsp3) is 0.316. The Balaban J connectivity index is 1.29. The number of fused-ring (bicyclic) bond motifs is 1. The van der Waals surface area contributed by atoms with Gasteiger partial charge in [0.15, 0.2) is 16.6 Å². The summed E-state index contributed by atoms with van der Waals surface area (Å²) in [7, 11) is 0. The molecule has 2 aromatic carbocycles. The maximum atomic E-state index is 6.30. The summed E-state index contributed by atoms with van der Waals surface area (Å²) in [4.78, 5) is 4.51. The van der Waals surface area contributed by atoms with Gasteiger partial charge in [-0.25, -0.2) is 0 Å². The lowest BCUT2D eigenvalue weighted by molar-refractivity contribution is 0.174. The van der Waals surface area contributed by atoms with E-state index in [1.807, 2.05) is 36.4 Å². The second-order valence-electron chi connectivity index (χ2n) is 6.27. The van der Waals surface area contributed by atoms with Gasteiger partial charge in [0, 0.05) is 32.7 Å². The maximum Gasteiger partial charge on any atom is 0.231 e. The molecule has 2 aliphatic heterocycles. The van der Waals surface area contributed by atoms with Gasteiger partial charge < -0.3 is 24.6 Å². The van der Waals surface area contributed by atoms with E-state index in [0.717, 1.165) is 59.1 Å². The summed E-state index contributed by atoms with van der Waals surface area (Å²) in [5.41, 5.74) is 2.21. The predicted molar refractivity (Wildman–Crippen MR) is 107 cm³/mol. The third-order valence-electron chi connectivity index (χ3n) is 4.64. The van der Waals surface area contributed by atoms with Crippen LogP contribution in [0.4, 0.5) is 5.69 Å². The highest BCUT2D eigenvalue weighted by Gasteiger charge is 2.20. The summed E-state index contributed by atoms with van der Waals surface area (Å²) < 4.78 is 10.8. The molecule has 2 heterocycles. The van der Waals surface area contributed by atoms with Crippen molar-refractivity contribution in [1.82, 2.24) is 10.2 Å². The molecule has 0 atom stereocenters. The molecule has 0 aliphatic carbocycles. The Hall–Kier alpha value is -2.18. The zero-order valence-electron chi connectivity index (χ0n) is 14.3. The van der Waals surface area contributed by atoms with Gasteiger partial charge in [-0.15, -0.1) is 0 Å². The van der Waals surface area contributed by atoms with Crippen molar-refractivity contribution in [3.63, 3.8) is 0 Å². The van der Waals surface area contributed by atoms with Crippen LogP contribution in [0.25, 0.3) is 0 Å². The Morgan fingerprint density at radius 1 is 1.04 bits per heavy atom. The Labute approximate surface area is 163 Å². The summed E-state index contributed by atoms with van der Waals surface area (Å²) in [5.74, 6) is 1.59. The van der Waals surface area contributed by atoms with Crippen molar-refractivity contribution >= 4 is 34.6 Å². The van der Waals surface area contributed by atoms with Gasteiger partial charge in [-0.1, -0.05) is 29.8 Å². The van der Waals surface area contributed by atoms with E-state index in [1.165, 1.54) is 0 Å². The molecule has 0 bridgehead atoms. The molecule has 26 heavy (non-hydrogen) atoms. The molecule has 1 N–H and O–H groups in total. The van der Waals surface area contributed by atoms with Crippen LogP contribution in [0.2, 0.25) is 5.02 Å². The standard InChI is InChI=1S/C19H20ClN3O2S/c20-15-3-1-2-4-16(15)22-7-9-23(10-8-22)19(26)21-12-14-5-6-17-18(11-14)25-13-24-17/h1-6,11H,7-10,12-13H2,(H,21,26). The second-order valence-corrected chi connectivity index (χ2v) is 7.07. The van der Waals surface area contributed by atoms with Gasteiger partial charge in [0.25, 0.3) is 0 Å². The number of para-hydroxylation sites is 1. The van der Waals surface area contributed by atoms with Gasteiger partial charge in [0.1, 0.15) is 0 Å². The van der Waals surface area contributed by atoms with E-state index in [9.17, 15) is 0 Å². The molecule has 0 saturated carbocycles. The summed E-state index contributed by atoms with van der Waals surface area (Å²) >= 11 is 11.9. The largest absolute Gasteiger partial charge is 0.454 e. The van der Waals surface area contributed by atoms with Crippen LogP contribution in [0.15, 0.2) is 42.5 Å². The normalized spacial score (nSPS) is 15.9. The molecular formula is C19H20ClN3O2S. The van der Waals surface area contributed by atoms with Crippen LogP contribution in [-0.2, 0) is 6.54 Å². The first-order chi connectivity index (χ1) is 12.7. The van der Waals surface area contributed by atoms with Crippen LogP contribution in [0.3, 0.4) is 0 Å². The zero-order chi connectivity index (χ0) is 17.9. The number of ether oxygens (including phenoxy) is 2. The van der Waals surface area contributed by atoms with Crippen molar-refractivity contribution in [3.8, 4) is 11.5 Å². The topological polar surface area (TPSA) is 37.0 Å². The van der Waals surface area contributed by atoms with Crippen LogP contribution in [-0.4, -0.2) is 43.0 Å². The summed E-state index contributed by atoms with van der Waals surface area (Å²) in [6.07, 6.45) is 0. The first-order valence-corrected chi connectivity index (χ1v) is 9.40. The fourth-order valence-electron chi connectivity index (χ4n) is 3.20. The summed E-state index contributed by atoms with van der Waals surface area (Å²) in [5, 5.41) is 4.92. The molecule has 5 nitrogen and oxygen atoms in total. The Kier molecular flexibility index (Phi) is 5.04. The lowest BCUT2D eigenvalue weighted by atomic mass is 10.2. The molecule has 4 rings (SSSR count). The van der Waals surface area contributed by atoms with Gasteiger partial charge in [-0.2, -0.15) is 0 Å². The van der Waals surface area contributed by atoms with Crippen LogP contribution in [0, 0.1) is 0 Å². The molecule has 1 fully saturated rings. The van der Waals surface area contributed by atoms with Crippen molar-refractivity contribution in [2.45, 2.75) is 6.54 Å². The van der Waals surface area contributed by atoms with Crippen LogP contribution >= 0.6 is 23.8 Å². The average molecular weight is 390 g/mol. The first-order valence-electron chi connectivity index (χ1n) is 8.61. The first kappa shape index (κ1) is 17.2. The number of anilines is 1. The molecule has 0 aromatic heterocycles. The SMILES string of the molecule is S=C(NCc1ccc2c(c1)OCO2)N1CCN(c2ccccc2Cl)CC1. The van der Waals surface area contributed by atoms with Crippen molar-refractivity contribution in [1.29, 1.82) is 0 Å². The minimum atomic E-state index is 0.292. The van der Waals surface area contributed by atoms with Crippen molar-refractivity contribution in [3.05, 3.63) is 53.1 Å². The van der Waals surface area contributed by atoms with E-state index in [1.54, 1.807) is 0 Å². The Morgan fingerprint density at radius 3 is 2.62 bits per heavy atom. The second kappa shape index (κ2) is 7.60. The van der Waals surface area contributed by atoms with Gasteiger partial charge in [0.2, 0.25) is 6.79 Å². The lowest BCUT2D eigenvalue weighted by Crippen LogP contribution is -2.51. The van der Waals surface area contributed by atoms with Gasteiger partial charge >= 0.3 is 0 Å². The predicted octanol–water partition coefficient (Wildman–Crippen LogP) is 3.27. The number of rotatable bonds is 3. The minimum Gasteiger partial charge on any atom is -0.454 e. The lowest BCUT2D eigenvalue weighted by Gasteiger charge is -2.37. The third-order valence-corrected chi connectivity index (χ3v) is 5.36. The highest BCUT2D eigenvalue weighted by Crippen LogP contribution is 2.32. The van der Waals surface area contributed by atoms with E-state index in [-0.39, 0.29) is 0 Å². The monoisotopic (exact) mass is 389 g/mol. The van der Waals surface area contributed by atoms with Gasteiger partial charge in [-0.3, -0.25) is 0 Å². The molecule has 0 amide bonds. The number of benzene rings is 2. The molecule has 0 spiro atoms. The van der Waals surface area contributed by atoms with Gasteiger partial charge in [-0.05, 0) is 42.0 Å². The molecular weight excluding hydrogens is 370 g/mol. The number of piperazine rings is 1.